The number of esters is 2. The Labute approximate surface area is 159 Å². The summed E-state index contributed by atoms with van der Waals surface area (Å²) in [4.78, 5) is 22.0. The molecule has 0 radical (unpaired) electrons. The van der Waals surface area contributed by atoms with E-state index in [0.29, 0.717) is 18.1 Å². The van der Waals surface area contributed by atoms with Gasteiger partial charge in [-0.3, -0.25) is 4.57 Å². The van der Waals surface area contributed by atoms with Gasteiger partial charge in [0.15, 0.2) is 0 Å². The van der Waals surface area contributed by atoms with Gasteiger partial charge in [-0.25, -0.2) is 9.59 Å². The summed E-state index contributed by atoms with van der Waals surface area (Å²) in [6.45, 7) is 8.84. The number of hydrogen-bond acceptors (Lipinski definition) is 7. The lowest BCUT2D eigenvalue weighted by atomic mass is 10.2. The Morgan fingerprint density at radius 1 is 0.926 bits per heavy atom. The van der Waals surface area contributed by atoms with Gasteiger partial charge in [-0.15, -0.1) is 0 Å². The minimum Gasteiger partial charge on any atom is -0.462 e. The normalized spacial score (nSPS) is 10.9. The Hall–Kier alpha value is -2.21. The Kier molecular flexibility index (Phi) is 10.3. The van der Waals surface area contributed by atoms with E-state index in [1.165, 1.54) is 0 Å². The zero-order valence-electron chi connectivity index (χ0n) is 15.4. The van der Waals surface area contributed by atoms with Crippen molar-refractivity contribution in [1.82, 2.24) is 0 Å². The number of benzene rings is 1. The summed E-state index contributed by atoms with van der Waals surface area (Å²) in [6, 6.07) is 7.07. The third-order valence-electron chi connectivity index (χ3n) is 3.33. The molecule has 0 fully saturated rings. The highest BCUT2D eigenvalue weighted by atomic mass is 31.2. The molecular formula is C19H25O7P. The van der Waals surface area contributed by atoms with Crippen LogP contribution in [0.5, 0.6) is 0 Å². The minimum absolute atomic E-state index is 0.0848. The molecule has 1 rings (SSSR count). The molecule has 0 N–H and O–H groups in total. The molecule has 148 valence electrons. The summed E-state index contributed by atoms with van der Waals surface area (Å²) in [5.74, 6) is -1.05. The molecular weight excluding hydrogens is 371 g/mol. The molecule has 0 aromatic heterocycles. The lowest BCUT2D eigenvalue weighted by Gasteiger charge is -2.20. The molecule has 0 saturated carbocycles. The molecule has 1 aromatic rings. The average molecular weight is 396 g/mol. The maximum atomic E-state index is 13.2. The number of rotatable bonds is 13. The van der Waals surface area contributed by atoms with E-state index >= 15 is 0 Å². The zero-order valence-corrected chi connectivity index (χ0v) is 16.3. The van der Waals surface area contributed by atoms with Crippen LogP contribution < -0.4 is 5.30 Å². The fourth-order valence-electron chi connectivity index (χ4n) is 2.00. The van der Waals surface area contributed by atoms with Crippen molar-refractivity contribution < 1.29 is 32.7 Å². The largest absolute Gasteiger partial charge is 0.462 e. The van der Waals surface area contributed by atoms with Gasteiger partial charge in [-0.1, -0.05) is 31.4 Å². The summed E-state index contributed by atoms with van der Waals surface area (Å²) >= 11 is 0. The van der Waals surface area contributed by atoms with Crippen molar-refractivity contribution in [2.75, 3.05) is 26.4 Å². The van der Waals surface area contributed by atoms with Gasteiger partial charge < -0.3 is 18.5 Å². The van der Waals surface area contributed by atoms with Gasteiger partial charge >= 0.3 is 19.5 Å². The number of hydrogen-bond donors (Lipinski definition) is 0. The zero-order chi connectivity index (χ0) is 20.1. The van der Waals surface area contributed by atoms with Crippen LogP contribution in [-0.2, 0) is 32.7 Å². The number of carbonyl (C=O) groups is 2. The molecule has 8 heteroatoms. The molecule has 0 unspecified atom stereocenters. The summed E-state index contributed by atoms with van der Waals surface area (Å²) in [7, 11) is -3.57. The highest BCUT2D eigenvalue weighted by Gasteiger charge is 2.29. The molecule has 0 atom stereocenters. The second kappa shape index (κ2) is 12.2. The Bertz CT molecular complexity index is 665. The van der Waals surface area contributed by atoms with Crippen LogP contribution in [0.2, 0.25) is 0 Å². The predicted molar refractivity (Wildman–Crippen MR) is 102 cm³/mol. The molecule has 27 heavy (non-hydrogen) atoms. The molecule has 0 saturated heterocycles. The Morgan fingerprint density at radius 2 is 1.41 bits per heavy atom. The van der Waals surface area contributed by atoms with E-state index in [0.717, 1.165) is 17.7 Å². The van der Waals surface area contributed by atoms with E-state index in [2.05, 4.69) is 13.2 Å². The first-order chi connectivity index (χ1) is 12.9. The van der Waals surface area contributed by atoms with E-state index in [-0.39, 0.29) is 26.4 Å². The smallest absolute Gasteiger partial charge is 0.361 e. The fourth-order valence-corrected chi connectivity index (χ4v) is 3.86. The van der Waals surface area contributed by atoms with Crippen molar-refractivity contribution in [2.24, 2.45) is 0 Å². The van der Waals surface area contributed by atoms with Crippen LogP contribution in [0.25, 0.3) is 0 Å². The molecule has 0 aliphatic carbocycles. The quantitative estimate of drug-likeness (QED) is 0.219. The lowest BCUT2D eigenvalue weighted by Crippen LogP contribution is -2.16. The van der Waals surface area contributed by atoms with Gasteiger partial charge in [0.1, 0.15) is 0 Å². The minimum atomic E-state index is -3.57. The molecule has 0 bridgehead atoms. The van der Waals surface area contributed by atoms with Crippen LogP contribution in [0.1, 0.15) is 18.4 Å². The molecule has 0 aliphatic heterocycles. The van der Waals surface area contributed by atoms with E-state index in [1.807, 2.05) is 19.1 Å². The average Bonchev–Trinajstić information content (AvgIpc) is 2.67. The standard InChI is InChI=1S/C19H25O7P/c1-4-18(20)23-12-8-14-25-27(22,17-11-7-6-10-16(17)3)26-15-9-13-24-19(21)5-2/h4-7,10-11H,1-2,8-9,12-15H2,3H3. The highest BCUT2D eigenvalue weighted by molar-refractivity contribution is 7.62. The summed E-state index contributed by atoms with van der Waals surface area (Å²) in [5.41, 5.74) is 0.775. The first kappa shape index (κ1) is 22.8. The SMILES string of the molecule is C=CC(=O)OCCCOP(=O)(OCCCOC(=O)C=C)c1ccccc1C. The third-order valence-corrected chi connectivity index (χ3v) is 5.47. The van der Waals surface area contributed by atoms with Crippen molar-refractivity contribution in [3.8, 4) is 0 Å². The van der Waals surface area contributed by atoms with Gasteiger partial charge in [0.05, 0.1) is 31.7 Å². The molecule has 1 aromatic carbocycles. The van der Waals surface area contributed by atoms with Crippen LogP contribution >= 0.6 is 7.60 Å². The second-order valence-electron chi connectivity index (χ2n) is 5.40. The molecule has 0 amide bonds. The second-order valence-corrected chi connectivity index (χ2v) is 7.39. The van der Waals surface area contributed by atoms with Crippen LogP contribution in [0.3, 0.4) is 0 Å². The number of ether oxygens (including phenoxy) is 2. The Balaban J connectivity index is 2.62. The summed E-state index contributed by atoms with van der Waals surface area (Å²) < 4.78 is 34.1. The molecule has 7 nitrogen and oxygen atoms in total. The van der Waals surface area contributed by atoms with E-state index < -0.39 is 19.5 Å². The van der Waals surface area contributed by atoms with E-state index in [1.54, 1.807) is 12.1 Å². The summed E-state index contributed by atoms with van der Waals surface area (Å²) in [6.07, 6.45) is 2.86. The van der Waals surface area contributed by atoms with Crippen molar-refractivity contribution >= 4 is 24.8 Å². The maximum Gasteiger partial charge on any atom is 0.361 e. The first-order valence-electron chi connectivity index (χ1n) is 8.46. The van der Waals surface area contributed by atoms with Crippen LogP contribution in [0, 0.1) is 6.92 Å². The van der Waals surface area contributed by atoms with Gasteiger partial charge in [0.2, 0.25) is 0 Å². The van der Waals surface area contributed by atoms with Crippen LogP contribution in [0.4, 0.5) is 0 Å². The number of carbonyl (C=O) groups excluding carboxylic acids is 2. The van der Waals surface area contributed by atoms with Gasteiger partial charge in [0, 0.05) is 25.0 Å². The Morgan fingerprint density at radius 3 is 1.85 bits per heavy atom. The third kappa shape index (κ3) is 8.35. The van der Waals surface area contributed by atoms with Crippen molar-refractivity contribution in [1.29, 1.82) is 0 Å². The monoisotopic (exact) mass is 396 g/mol. The highest BCUT2D eigenvalue weighted by Crippen LogP contribution is 2.48. The van der Waals surface area contributed by atoms with Gasteiger partial charge in [-0.05, 0) is 18.6 Å². The van der Waals surface area contributed by atoms with E-state index in [4.69, 9.17) is 18.5 Å². The first-order valence-corrected chi connectivity index (χ1v) is 10.0. The van der Waals surface area contributed by atoms with Crippen molar-refractivity contribution in [3.05, 3.63) is 55.1 Å². The number of aryl methyl sites for hydroxylation is 1. The molecule has 0 aliphatic rings. The molecule has 0 heterocycles. The van der Waals surface area contributed by atoms with Crippen molar-refractivity contribution in [3.63, 3.8) is 0 Å². The topological polar surface area (TPSA) is 88.1 Å². The predicted octanol–water partition coefficient (Wildman–Crippen LogP) is 3.09. The van der Waals surface area contributed by atoms with Crippen LogP contribution in [-0.4, -0.2) is 38.4 Å². The van der Waals surface area contributed by atoms with Crippen molar-refractivity contribution in [2.45, 2.75) is 19.8 Å². The van der Waals surface area contributed by atoms with Gasteiger partial charge in [-0.2, -0.15) is 0 Å². The van der Waals surface area contributed by atoms with Gasteiger partial charge in [0.25, 0.3) is 0 Å². The molecule has 0 spiro atoms. The van der Waals surface area contributed by atoms with E-state index in [9.17, 15) is 14.2 Å². The lowest BCUT2D eigenvalue weighted by molar-refractivity contribution is -0.138. The maximum absolute atomic E-state index is 13.2. The fraction of sp³-hybridized carbons (Fsp3) is 0.368. The summed E-state index contributed by atoms with van der Waals surface area (Å²) in [5, 5.41) is 0.469. The van der Waals surface area contributed by atoms with Crippen LogP contribution in [0.15, 0.2) is 49.6 Å².